The molecule has 2 nitrogen and oxygen atoms in total. The first-order valence-electron chi connectivity index (χ1n) is 2.87. The average molecular weight is 147 g/mol. The van der Waals surface area contributed by atoms with E-state index in [1.165, 1.54) is 0 Å². The second-order valence-electron chi connectivity index (χ2n) is 2.56. The highest BCUT2D eigenvalue weighted by molar-refractivity contribution is 7.81. The van der Waals surface area contributed by atoms with Crippen LogP contribution < -0.4 is 5.32 Å². The van der Waals surface area contributed by atoms with Gasteiger partial charge in [0.1, 0.15) is 6.29 Å². The topological polar surface area (TPSA) is 29.1 Å². The van der Waals surface area contributed by atoms with Crippen molar-refractivity contribution in [3.8, 4) is 0 Å². The van der Waals surface area contributed by atoms with E-state index in [2.05, 4.69) is 17.9 Å². The van der Waals surface area contributed by atoms with Crippen LogP contribution in [0.15, 0.2) is 0 Å². The predicted octanol–water partition coefficient (Wildman–Crippen LogP) is 0.482. The molecule has 0 bridgehead atoms. The van der Waals surface area contributed by atoms with Gasteiger partial charge in [-0.1, -0.05) is 0 Å². The summed E-state index contributed by atoms with van der Waals surface area (Å²) in [4.78, 5) is 10.3. The first-order chi connectivity index (χ1) is 4.02. The summed E-state index contributed by atoms with van der Waals surface area (Å²) in [6.07, 6.45) is 0.868. The van der Waals surface area contributed by atoms with E-state index in [0.29, 0.717) is 0 Å². The van der Waals surface area contributed by atoms with Crippen molar-refractivity contribution in [1.82, 2.24) is 5.32 Å². The van der Waals surface area contributed by atoms with Crippen molar-refractivity contribution in [3.63, 3.8) is 0 Å². The van der Waals surface area contributed by atoms with Gasteiger partial charge in [-0.3, -0.25) is 0 Å². The Balaban J connectivity index is 3.94. The number of carbonyl (C=O) groups excluding carboxylic acids is 1. The Bertz CT molecular complexity index is 97.7. The van der Waals surface area contributed by atoms with Gasteiger partial charge in [-0.05, 0) is 20.9 Å². The molecule has 0 radical (unpaired) electrons. The van der Waals surface area contributed by atoms with E-state index in [-0.39, 0.29) is 10.8 Å². The lowest BCUT2D eigenvalue weighted by Crippen LogP contribution is -2.42. The third-order valence-electron chi connectivity index (χ3n) is 1.21. The lowest BCUT2D eigenvalue weighted by molar-refractivity contribution is -0.109. The molecule has 0 rings (SSSR count). The number of carbonyl (C=O) groups is 1. The third-order valence-corrected chi connectivity index (χ3v) is 1.49. The first-order valence-corrected chi connectivity index (χ1v) is 3.32. The van der Waals surface area contributed by atoms with Gasteiger partial charge in [0.15, 0.2) is 0 Å². The zero-order chi connectivity index (χ0) is 7.49. The zero-order valence-corrected chi connectivity index (χ0v) is 6.90. The number of hydrogen-bond acceptors (Lipinski definition) is 3. The van der Waals surface area contributed by atoms with E-state index >= 15 is 0 Å². The van der Waals surface area contributed by atoms with E-state index in [4.69, 9.17) is 0 Å². The molecule has 0 spiro atoms. The molecule has 0 fully saturated rings. The number of nitrogens with one attached hydrogen (secondary N) is 1. The monoisotopic (exact) mass is 147 g/mol. The van der Waals surface area contributed by atoms with Crippen molar-refractivity contribution >= 4 is 18.9 Å². The van der Waals surface area contributed by atoms with Crippen LogP contribution in [0.25, 0.3) is 0 Å². The molecule has 0 amide bonds. The van der Waals surface area contributed by atoms with Crippen molar-refractivity contribution in [2.75, 3.05) is 7.05 Å². The van der Waals surface area contributed by atoms with Crippen LogP contribution in [0, 0.1) is 0 Å². The van der Waals surface area contributed by atoms with Gasteiger partial charge in [-0.15, -0.1) is 0 Å². The molecule has 0 aromatic carbocycles. The highest BCUT2D eigenvalue weighted by Gasteiger charge is 2.22. The van der Waals surface area contributed by atoms with Crippen molar-refractivity contribution in [2.24, 2.45) is 0 Å². The van der Waals surface area contributed by atoms with E-state index < -0.39 is 0 Å². The van der Waals surface area contributed by atoms with Crippen LogP contribution in [0.5, 0.6) is 0 Å². The SMILES string of the molecule is CN[C@H](C=O)C(C)(C)S. The summed E-state index contributed by atoms with van der Waals surface area (Å²) in [5.74, 6) is 0. The fraction of sp³-hybridized carbons (Fsp3) is 0.833. The second-order valence-corrected chi connectivity index (χ2v) is 3.71. The first kappa shape index (κ1) is 8.98. The number of aldehydes is 1. The van der Waals surface area contributed by atoms with Crippen LogP contribution in [-0.4, -0.2) is 24.1 Å². The van der Waals surface area contributed by atoms with Gasteiger partial charge in [0.05, 0.1) is 6.04 Å². The summed E-state index contributed by atoms with van der Waals surface area (Å²) in [6, 6.07) is -0.166. The van der Waals surface area contributed by atoms with E-state index in [1.807, 2.05) is 13.8 Å². The van der Waals surface area contributed by atoms with Gasteiger partial charge < -0.3 is 10.1 Å². The molecule has 0 saturated carbocycles. The van der Waals surface area contributed by atoms with Gasteiger partial charge in [0.2, 0.25) is 0 Å². The van der Waals surface area contributed by atoms with Gasteiger partial charge >= 0.3 is 0 Å². The molecule has 0 aliphatic heterocycles. The molecule has 9 heavy (non-hydrogen) atoms. The zero-order valence-electron chi connectivity index (χ0n) is 6.01. The predicted molar refractivity (Wildman–Crippen MR) is 42.0 cm³/mol. The van der Waals surface area contributed by atoms with Crippen LogP contribution >= 0.6 is 12.6 Å². The molecule has 0 unspecified atom stereocenters. The van der Waals surface area contributed by atoms with Gasteiger partial charge in [0.25, 0.3) is 0 Å². The van der Waals surface area contributed by atoms with Crippen molar-refractivity contribution in [2.45, 2.75) is 24.6 Å². The smallest absolute Gasteiger partial charge is 0.138 e. The quantitative estimate of drug-likeness (QED) is 0.449. The molecular formula is C6H13NOS. The van der Waals surface area contributed by atoms with Crippen LogP contribution in [0.1, 0.15) is 13.8 Å². The molecule has 0 heterocycles. The Labute approximate surface area is 61.4 Å². The molecule has 1 atom stereocenters. The lowest BCUT2D eigenvalue weighted by atomic mass is 10.1. The third kappa shape index (κ3) is 2.87. The summed E-state index contributed by atoms with van der Waals surface area (Å²) in [6.45, 7) is 3.79. The highest BCUT2D eigenvalue weighted by Crippen LogP contribution is 2.14. The van der Waals surface area contributed by atoms with E-state index in [0.717, 1.165) is 6.29 Å². The van der Waals surface area contributed by atoms with Crippen LogP contribution in [0.2, 0.25) is 0 Å². The van der Waals surface area contributed by atoms with E-state index in [9.17, 15) is 4.79 Å². The summed E-state index contributed by atoms with van der Waals surface area (Å²) in [5.41, 5.74) is 0. The number of thiol groups is 1. The van der Waals surface area contributed by atoms with Crippen molar-refractivity contribution in [3.05, 3.63) is 0 Å². The van der Waals surface area contributed by atoms with E-state index in [1.54, 1.807) is 7.05 Å². The van der Waals surface area contributed by atoms with Crippen molar-refractivity contribution in [1.29, 1.82) is 0 Å². The maximum Gasteiger partial charge on any atom is 0.138 e. The molecule has 3 heteroatoms. The largest absolute Gasteiger partial charge is 0.310 e. The molecule has 0 aromatic heterocycles. The highest BCUT2D eigenvalue weighted by atomic mass is 32.1. The Morgan fingerprint density at radius 3 is 2.11 bits per heavy atom. The number of hydrogen-bond donors (Lipinski definition) is 2. The van der Waals surface area contributed by atoms with Crippen molar-refractivity contribution < 1.29 is 4.79 Å². The second kappa shape index (κ2) is 3.22. The minimum atomic E-state index is -0.267. The molecule has 1 N–H and O–H groups in total. The van der Waals surface area contributed by atoms with Crippen LogP contribution in [0.3, 0.4) is 0 Å². The summed E-state index contributed by atoms with van der Waals surface area (Å²) < 4.78 is -0.267. The molecule has 0 aromatic rings. The fourth-order valence-corrected chi connectivity index (χ4v) is 0.778. The van der Waals surface area contributed by atoms with Crippen LogP contribution in [0.4, 0.5) is 0 Å². The molecule has 54 valence electrons. The van der Waals surface area contributed by atoms with Gasteiger partial charge in [-0.2, -0.15) is 12.6 Å². The minimum absolute atomic E-state index is 0.166. The van der Waals surface area contributed by atoms with Crippen LogP contribution in [-0.2, 0) is 4.79 Å². The summed E-state index contributed by atoms with van der Waals surface area (Å²) in [7, 11) is 1.75. The fourth-order valence-electron chi connectivity index (χ4n) is 0.588. The minimum Gasteiger partial charge on any atom is -0.310 e. The summed E-state index contributed by atoms with van der Waals surface area (Å²) in [5, 5.41) is 2.85. The van der Waals surface area contributed by atoms with Gasteiger partial charge in [0, 0.05) is 4.75 Å². The van der Waals surface area contributed by atoms with Gasteiger partial charge in [-0.25, -0.2) is 0 Å². The molecule has 0 aliphatic rings. The Morgan fingerprint density at radius 2 is 2.11 bits per heavy atom. The Morgan fingerprint density at radius 1 is 1.67 bits per heavy atom. The Hall–Kier alpha value is -0.0200. The number of rotatable bonds is 3. The molecule has 0 aliphatic carbocycles. The lowest BCUT2D eigenvalue weighted by Gasteiger charge is -2.23. The normalized spacial score (nSPS) is 15.1. The maximum atomic E-state index is 10.3. The molecule has 0 saturated heterocycles. The average Bonchev–Trinajstić information content (AvgIpc) is 1.65. The molecular weight excluding hydrogens is 134 g/mol. The maximum absolute atomic E-state index is 10.3. The number of likely N-dealkylation sites (N-methyl/N-ethyl adjacent to an activating group) is 1. The summed E-state index contributed by atoms with van der Waals surface area (Å²) >= 11 is 4.22. The standard InChI is InChI=1S/C6H13NOS/c1-6(2,9)5(4-8)7-3/h4-5,7,9H,1-3H3/t5-/m1/s1. The Kier molecular flexibility index (Phi) is 3.22.